The summed E-state index contributed by atoms with van der Waals surface area (Å²) in [4.78, 5) is 26.6. The number of hydrogen-bond acceptors (Lipinski definition) is 5. The van der Waals surface area contributed by atoms with Crippen LogP contribution in [0.1, 0.15) is 12.8 Å². The van der Waals surface area contributed by atoms with Crippen molar-refractivity contribution in [3.8, 4) is 11.5 Å². The fourth-order valence-corrected chi connectivity index (χ4v) is 2.10. The summed E-state index contributed by atoms with van der Waals surface area (Å²) in [5.41, 5.74) is -0.355. The molecule has 1 fully saturated rings. The van der Waals surface area contributed by atoms with Crippen molar-refractivity contribution >= 4 is 17.9 Å². The number of nitrogens with zero attached hydrogens (tertiary/aromatic N) is 3. The Kier molecular flexibility index (Phi) is 3.88. The van der Waals surface area contributed by atoms with Gasteiger partial charge in [-0.2, -0.15) is 0 Å². The molecule has 2 aromatic rings. The van der Waals surface area contributed by atoms with Crippen LogP contribution in [-0.4, -0.2) is 22.4 Å². The molecule has 0 radical (unpaired) electrons. The zero-order valence-electron chi connectivity index (χ0n) is 11.9. The molecule has 8 heteroatoms. The number of amides is 1. The Balaban J connectivity index is 1.83. The molecule has 1 aliphatic carbocycles. The number of aromatic nitrogens is 1. The number of non-ortho nitro benzene ring substituents is 1. The number of hydrogen-bond donors (Lipinski definition) is 0. The van der Waals surface area contributed by atoms with Gasteiger partial charge in [-0.3, -0.25) is 19.8 Å². The van der Waals surface area contributed by atoms with E-state index >= 15 is 0 Å². The second-order valence-corrected chi connectivity index (χ2v) is 5.07. The molecule has 1 heterocycles. The Bertz CT molecular complexity index is 764. The number of carbonyl (C=O) groups excluding carboxylic acids is 1. The van der Waals surface area contributed by atoms with Crippen LogP contribution < -0.4 is 9.64 Å². The van der Waals surface area contributed by atoms with Crippen LogP contribution >= 0.6 is 0 Å². The van der Waals surface area contributed by atoms with E-state index in [1.807, 2.05) is 0 Å². The summed E-state index contributed by atoms with van der Waals surface area (Å²) in [5.74, 6) is -0.276. The average molecular weight is 317 g/mol. The van der Waals surface area contributed by atoms with Crippen molar-refractivity contribution in [3.63, 3.8) is 0 Å². The lowest BCUT2D eigenvalue weighted by Gasteiger charge is -2.16. The van der Waals surface area contributed by atoms with E-state index in [-0.39, 0.29) is 23.2 Å². The summed E-state index contributed by atoms with van der Waals surface area (Å²) in [6, 6.07) is 6.31. The molecule has 1 aromatic carbocycles. The highest BCUT2D eigenvalue weighted by Gasteiger charge is 2.30. The second-order valence-electron chi connectivity index (χ2n) is 5.07. The minimum atomic E-state index is -0.841. The fraction of sp³-hybridized carbons (Fsp3) is 0.200. The summed E-state index contributed by atoms with van der Waals surface area (Å²) in [7, 11) is 0. The van der Waals surface area contributed by atoms with Crippen LogP contribution in [-0.2, 0) is 4.79 Å². The number of rotatable bonds is 6. The smallest absolute Gasteiger partial charge is 0.272 e. The summed E-state index contributed by atoms with van der Waals surface area (Å²) in [5, 5.41) is 10.6. The van der Waals surface area contributed by atoms with Crippen molar-refractivity contribution in [2.75, 3.05) is 4.90 Å². The van der Waals surface area contributed by atoms with Gasteiger partial charge in [0.15, 0.2) is 11.6 Å². The van der Waals surface area contributed by atoms with E-state index in [1.165, 1.54) is 29.3 Å². The van der Waals surface area contributed by atoms with Crippen LogP contribution in [0.5, 0.6) is 11.5 Å². The maximum Gasteiger partial charge on any atom is 0.272 e. The molecule has 0 saturated heterocycles. The van der Waals surface area contributed by atoms with Crippen molar-refractivity contribution in [2.45, 2.75) is 18.9 Å². The number of pyridine rings is 1. The van der Waals surface area contributed by atoms with Crippen LogP contribution in [0.25, 0.3) is 0 Å². The van der Waals surface area contributed by atoms with Gasteiger partial charge in [-0.25, -0.2) is 9.37 Å². The summed E-state index contributed by atoms with van der Waals surface area (Å²) in [6.07, 6.45) is 3.99. The minimum Gasteiger partial charge on any atom is -0.454 e. The standard InChI is InChI=1S/C15H12FN3O4/c16-13-7-11(19(21)22)3-4-14(13)23-12-5-6-17-15(8-12)18(9-20)10-1-2-10/h3-10H,1-2H2. The van der Waals surface area contributed by atoms with Crippen LogP contribution in [0.4, 0.5) is 15.9 Å². The molecule has 1 amide bonds. The fourth-order valence-electron chi connectivity index (χ4n) is 2.10. The molecule has 7 nitrogen and oxygen atoms in total. The number of benzene rings is 1. The van der Waals surface area contributed by atoms with Gasteiger partial charge in [-0.1, -0.05) is 0 Å². The van der Waals surface area contributed by atoms with E-state index in [0.717, 1.165) is 25.0 Å². The van der Waals surface area contributed by atoms with Gasteiger partial charge >= 0.3 is 0 Å². The van der Waals surface area contributed by atoms with Crippen LogP contribution in [0.3, 0.4) is 0 Å². The van der Waals surface area contributed by atoms with E-state index in [0.29, 0.717) is 12.2 Å². The van der Waals surface area contributed by atoms with Gasteiger partial charge in [-0.05, 0) is 25.0 Å². The molecule has 1 saturated carbocycles. The Morgan fingerprint density at radius 2 is 2.13 bits per heavy atom. The van der Waals surface area contributed by atoms with E-state index in [4.69, 9.17) is 4.74 Å². The quantitative estimate of drug-likeness (QED) is 0.464. The molecule has 1 aromatic heterocycles. The number of halogens is 1. The maximum absolute atomic E-state index is 13.8. The number of anilines is 1. The lowest BCUT2D eigenvalue weighted by Crippen LogP contribution is -2.24. The van der Waals surface area contributed by atoms with E-state index in [2.05, 4.69) is 4.98 Å². The van der Waals surface area contributed by atoms with Crippen molar-refractivity contribution < 1.29 is 18.8 Å². The van der Waals surface area contributed by atoms with Crippen LogP contribution in [0, 0.1) is 15.9 Å². The predicted molar refractivity (Wildman–Crippen MR) is 78.9 cm³/mol. The third-order valence-electron chi connectivity index (χ3n) is 3.39. The number of ether oxygens (including phenoxy) is 1. The molecule has 0 atom stereocenters. The summed E-state index contributed by atoms with van der Waals surface area (Å²) >= 11 is 0. The van der Waals surface area contributed by atoms with Gasteiger partial charge < -0.3 is 4.74 Å². The summed E-state index contributed by atoms with van der Waals surface area (Å²) < 4.78 is 19.2. The zero-order valence-corrected chi connectivity index (χ0v) is 11.9. The second kappa shape index (κ2) is 5.99. The molecule has 1 aliphatic rings. The first-order valence-corrected chi connectivity index (χ1v) is 6.90. The third kappa shape index (κ3) is 3.25. The van der Waals surface area contributed by atoms with E-state index < -0.39 is 10.7 Å². The van der Waals surface area contributed by atoms with Crippen molar-refractivity contribution in [1.29, 1.82) is 0 Å². The van der Waals surface area contributed by atoms with Crippen LogP contribution in [0.15, 0.2) is 36.5 Å². The molecule has 0 N–H and O–H groups in total. The molecule has 0 aliphatic heterocycles. The van der Waals surface area contributed by atoms with Crippen LogP contribution in [0.2, 0.25) is 0 Å². The first-order chi connectivity index (χ1) is 11.1. The van der Waals surface area contributed by atoms with Gasteiger partial charge in [0.05, 0.1) is 11.0 Å². The maximum atomic E-state index is 13.8. The first-order valence-electron chi connectivity index (χ1n) is 6.90. The monoisotopic (exact) mass is 317 g/mol. The predicted octanol–water partition coefficient (Wildman–Crippen LogP) is 3.05. The van der Waals surface area contributed by atoms with Crippen molar-refractivity contribution in [2.24, 2.45) is 0 Å². The topological polar surface area (TPSA) is 85.6 Å². The lowest BCUT2D eigenvalue weighted by molar-refractivity contribution is -0.385. The zero-order chi connectivity index (χ0) is 16.4. The van der Waals surface area contributed by atoms with Gasteiger partial charge in [0.25, 0.3) is 5.69 Å². The van der Waals surface area contributed by atoms with E-state index in [1.54, 1.807) is 0 Å². The highest BCUT2D eigenvalue weighted by molar-refractivity contribution is 5.75. The van der Waals surface area contributed by atoms with Gasteiger partial charge in [0, 0.05) is 24.4 Å². The normalized spacial score (nSPS) is 13.4. The lowest BCUT2D eigenvalue weighted by atomic mass is 10.3. The molecule has 0 bridgehead atoms. The van der Waals surface area contributed by atoms with Crippen molar-refractivity contribution in [3.05, 3.63) is 52.5 Å². The Hall–Kier alpha value is -3.03. The van der Waals surface area contributed by atoms with Gasteiger partial charge in [-0.15, -0.1) is 0 Å². The Morgan fingerprint density at radius 1 is 1.35 bits per heavy atom. The highest BCUT2D eigenvalue weighted by atomic mass is 19.1. The molecule has 23 heavy (non-hydrogen) atoms. The minimum absolute atomic E-state index is 0.142. The SMILES string of the molecule is O=CN(c1cc(Oc2ccc([N+](=O)[O-])cc2F)ccn1)C1CC1. The average Bonchev–Trinajstić information content (AvgIpc) is 3.35. The molecule has 3 rings (SSSR count). The third-order valence-corrected chi connectivity index (χ3v) is 3.39. The summed E-state index contributed by atoms with van der Waals surface area (Å²) in [6.45, 7) is 0. The number of carbonyl (C=O) groups is 1. The molecular weight excluding hydrogens is 305 g/mol. The van der Waals surface area contributed by atoms with E-state index in [9.17, 15) is 19.3 Å². The Labute approximate surface area is 130 Å². The largest absolute Gasteiger partial charge is 0.454 e. The number of nitro benzene ring substituents is 1. The molecular formula is C15H12FN3O4. The molecule has 0 spiro atoms. The number of nitro groups is 1. The Morgan fingerprint density at radius 3 is 2.74 bits per heavy atom. The molecule has 118 valence electrons. The van der Waals surface area contributed by atoms with Gasteiger partial charge in [0.1, 0.15) is 11.6 Å². The first kappa shape index (κ1) is 14.9. The highest BCUT2D eigenvalue weighted by Crippen LogP contribution is 2.32. The van der Waals surface area contributed by atoms with Crippen molar-refractivity contribution in [1.82, 2.24) is 4.98 Å². The van der Waals surface area contributed by atoms with Gasteiger partial charge in [0.2, 0.25) is 6.41 Å². The molecule has 0 unspecified atom stereocenters.